The Labute approximate surface area is 151 Å². The van der Waals surface area contributed by atoms with Gasteiger partial charge in [0.1, 0.15) is 11.9 Å². The van der Waals surface area contributed by atoms with E-state index in [1.807, 2.05) is 0 Å². The Bertz CT molecular complexity index is 595. The van der Waals surface area contributed by atoms with E-state index in [0.717, 1.165) is 6.07 Å². The SMILES string of the molecule is COCC(N)C(=O)N1CCN(C(=O)c2ccc(F)cc2Cl)CC1.Cl. The van der Waals surface area contributed by atoms with Crippen LogP contribution in [0.1, 0.15) is 10.4 Å². The van der Waals surface area contributed by atoms with Crippen LogP contribution in [0.2, 0.25) is 5.02 Å². The molecule has 2 N–H and O–H groups in total. The predicted molar refractivity (Wildman–Crippen MR) is 91.0 cm³/mol. The van der Waals surface area contributed by atoms with Gasteiger partial charge in [-0.1, -0.05) is 11.6 Å². The average molecular weight is 380 g/mol. The molecule has 1 aliphatic heterocycles. The first-order chi connectivity index (χ1) is 10.9. The summed E-state index contributed by atoms with van der Waals surface area (Å²) in [6.07, 6.45) is 0. The second kappa shape index (κ2) is 9.17. The number of nitrogens with two attached hydrogens (primary N) is 1. The first-order valence-corrected chi connectivity index (χ1v) is 7.59. The average Bonchev–Trinajstić information content (AvgIpc) is 2.54. The lowest BCUT2D eigenvalue weighted by molar-refractivity contribution is -0.135. The van der Waals surface area contributed by atoms with Crippen LogP contribution < -0.4 is 5.73 Å². The predicted octanol–water partition coefficient (Wildman–Crippen LogP) is 1.16. The van der Waals surface area contributed by atoms with Crippen molar-refractivity contribution in [2.24, 2.45) is 5.73 Å². The van der Waals surface area contributed by atoms with Gasteiger partial charge in [0, 0.05) is 33.3 Å². The molecule has 1 fully saturated rings. The normalized spacial score (nSPS) is 15.7. The van der Waals surface area contributed by atoms with Gasteiger partial charge in [-0.15, -0.1) is 12.4 Å². The van der Waals surface area contributed by atoms with E-state index in [0.29, 0.717) is 26.2 Å². The molecule has 2 rings (SSSR count). The Hall–Kier alpha value is -1.41. The van der Waals surface area contributed by atoms with E-state index in [1.54, 1.807) is 9.80 Å². The zero-order chi connectivity index (χ0) is 17.0. The Balaban J connectivity index is 0.00000288. The summed E-state index contributed by atoms with van der Waals surface area (Å²) in [6.45, 7) is 1.68. The van der Waals surface area contributed by atoms with Crippen LogP contribution in [0.4, 0.5) is 4.39 Å². The highest BCUT2D eigenvalue weighted by Crippen LogP contribution is 2.20. The summed E-state index contributed by atoms with van der Waals surface area (Å²) in [4.78, 5) is 27.7. The molecule has 6 nitrogen and oxygen atoms in total. The van der Waals surface area contributed by atoms with Crippen LogP contribution in [0.15, 0.2) is 18.2 Å². The molecule has 0 aromatic heterocycles. The number of methoxy groups -OCH3 is 1. The molecule has 24 heavy (non-hydrogen) atoms. The van der Waals surface area contributed by atoms with Crippen molar-refractivity contribution in [1.29, 1.82) is 0 Å². The van der Waals surface area contributed by atoms with Crippen LogP contribution >= 0.6 is 24.0 Å². The molecule has 0 saturated carbocycles. The van der Waals surface area contributed by atoms with Crippen molar-refractivity contribution in [2.45, 2.75) is 6.04 Å². The van der Waals surface area contributed by atoms with Crippen LogP contribution in [0.25, 0.3) is 0 Å². The summed E-state index contributed by atoms with van der Waals surface area (Å²) >= 11 is 5.92. The Morgan fingerprint density at radius 2 is 1.88 bits per heavy atom. The Morgan fingerprint density at radius 3 is 2.42 bits per heavy atom. The second-order valence-corrected chi connectivity index (χ2v) is 5.71. The lowest BCUT2D eigenvalue weighted by Crippen LogP contribution is -2.55. The van der Waals surface area contributed by atoms with Crippen molar-refractivity contribution in [2.75, 3.05) is 39.9 Å². The number of amides is 2. The number of carbonyl (C=O) groups is 2. The number of halogens is 3. The third-order valence-electron chi connectivity index (χ3n) is 3.70. The van der Waals surface area contributed by atoms with Crippen molar-refractivity contribution < 1.29 is 18.7 Å². The maximum Gasteiger partial charge on any atom is 0.255 e. The van der Waals surface area contributed by atoms with Gasteiger partial charge in [-0.05, 0) is 18.2 Å². The molecular weight excluding hydrogens is 360 g/mol. The lowest BCUT2D eigenvalue weighted by atomic mass is 10.1. The fourth-order valence-corrected chi connectivity index (χ4v) is 2.70. The molecule has 1 heterocycles. The molecule has 9 heteroatoms. The van der Waals surface area contributed by atoms with Crippen molar-refractivity contribution in [3.05, 3.63) is 34.6 Å². The highest BCUT2D eigenvalue weighted by atomic mass is 35.5. The summed E-state index contributed by atoms with van der Waals surface area (Å²) in [5, 5.41) is 0.0793. The number of carbonyl (C=O) groups excluding carboxylic acids is 2. The summed E-state index contributed by atoms with van der Waals surface area (Å²) in [7, 11) is 1.48. The Kier molecular flexibility index (Phi) is 7.89. The zero-order valence-electron chi connectivity index (χ0n) is 13.2. The molecule has 134 valence electrons. The number of rotatable bonds is 4. The van der Waals surface area contributed by atoms with Crippen LogP contribution in [0.5, 0.6) is 0 Å². The van der Waals surface area contributed by atoms with E-state index in [-0.39, 0.29) is 41.4 Å². The van der Waals surface area contributed by atoms with E-state index in [1.165, 1.54) is 19.2 Å². The van der Waals surface area contributed by atoms with Gasteiger partial charge < -0.3 is 20.3 Å². The number of benzene rings is 1. The van der Waals surface area contributed by atoms with E-state index in [9.17, 15) is 14.0 Å². The van der Waals surface area contributed by atoms with Gasteiger partial charge in [0.05, 0.1) is 17.2 Å². The van der Waals surface area contributed by atoms with Gasteiger partial charge >= 0.3 is 0 Å². The van der Waals surface area contributed by atoms with Crippen molar-refractivity contribution in [1.82, 2.24) is 9.80 Å². The van der Waals surface area contributed by atoms with E-state index >= 15 is 0 Å². The van der Waals surface area contributed by atoms with Crippen molar-refractivity contribution in [3.63, 3.8) is 0 Å². The van der Waals surface area contributed by atoms with Gasteiger partial charge in [-0.25, -0.2) is 4.39 Å². The minimum absolute atomic E-state index is 0. The molecule has 2 amide bonds. The van der Waals surface area contributed by atoms with E-state index in [2.05, 4.69) is 0 Å². The third kappa shape index (κ3) is 4.80. The monoisotopic (exact) mass is 379 g/mol. The van der Waals surface area contributed by atoms with Gasteiger partial charge in [-0.2, -0.15) is 0 Å². The quantitative estimate of drug-likeness (QED) is 0.851. The Morgan fingerprint density at radius 1 is 1.29 bits per heavy atom. The summed E-state index contributed by atoms with van der Waals surface area (Å²) in [6, 6.07) is 2.97. The largest absolute Gasteiger partial charge is 0.383 e. The number of hydrogen-bond donors (Lipinski definition) is 1. The summed E-state index contributed by atoms with van der Waals surface area (Å²) in [5.41, 5.74) is 5.98. The molecule has 1 aliphatic rings. The minimum Gasteiger partial charge on any atom is -0.383 e. The molecule has 1 aromatic rings. The summed E-state index contributed by atoms with van der Waals surface area (Å²) < 4.78 is 17.9. The highest BCUT2D eigenvalue weighted by Gasteiger charge is 2.28. The molecule has 1 atom stereocenters. The smallest absolute Gasteiger partial charge is 0.255 e. The van der Waals surface area contributed by atoms with Crippen LogP contribution in [-0.4, -0.2) is 67.6 Å². The minimum atomic E-state index is -0.700. The first-order valence-electron chi connectivity index (χ1n) is 7.21. The molecule has 1 aromatic carbocycles. The fourth-order valence-electron chi connectivity index (χ4n) is 2.45. The van der Waals surface area contributed by atoms with E-state index < -0.39 is 11.9 Å². The lowest BCUT2D eigenvalue weighted by Gasteiger charge is -2.36. The fraction of sp³-hybridized carbons (Fsp3) is 0.467. The molecule has 0 aliphatic carbocycles. The van der Waals surface area contributed by atoms with Crippen LogP contribution in [0, 0.1) is 5.82 Å². The van der Waals surface area contributed by atoms with Crippen molar-refractivity contribution >= 4 is 35.8 Å². The molecule has 0 bridgehead atoms. The molecule has 1 saturated heterocycles. The maximum atomic E-state index is 13.1. The van der Waals surface area contributed by atoms with Crippen molar-refractivity contribution in [3.8, 4) is 0 Å². The topological polar surface area (TPSA) is 75.9 Å². The number of piperazine rings is 1. The number of ether oxygens (including phenoxy) is 1. The van der Waals surface area contributed by atoms with Crippen LogP contribution in [-0.2, 0) is 9.53 Å². The van der Waals surface area contributed by atoms with Gasteiger partial charge in [-0.3, -0.25) is 9.59 Å². The standard InChI is InChI=1S/C15H19ClFN3O3.ClH/c1-23-9-13(18)15(22)20-6-4-19(5-7-20)14(21)11-3-2-10(17)8-12(11)16;/h2-3,8,13H,4-7,9,18H2,1H3;1H. The first kappa shape index (κ1) is 20.6. The van der Waals surface area contributed by atoms with Gasteiger partial charge in [0.2, 0.25) is 5.91 Å². The highest BCUT2D eigenvalue weighted by molar-refractivity contribution is 6.33. The third-order valence-corrected chi connectivity index (χ3v) is 4.02. The molecule has 0 spiro atoms. The van der Waals surface area contributed by atoms with E-state index in [4.69, 9.17) is 22.1 Å². The second-order valence-electron chi connectivity index (χ2n) is 5.30. The molecule has 0 radical (unpaired) electrons. The number of nitrogens with zero attached hydrogens (tertiary/aromatic N) is 2. The molecular formula is C15H20Cl2FN3O3. The van der Waals surface area contributed by atoms with Gasteiger partial charge in [0.15, 0.2) is 0 Å². The maximum absolute atomic E-state index is 13.1. The summed E-state index contributed by atoms with van der Waals surface area (Å²) in [5.74, 6) is -0.962. The number of hydrogen-bond acceptors (Lipinski definition) is 4. The van der Waals surface area contributed by atoms with Gasteiger partial charge in [0.25, 0.3) is 5.91 Å². The molecule has 1 unspecified atom stereocenters. The van der Waals surface area contributed by atoms with Crippen LogP contribution in [0.3, 0.4) is 0 Å². The zero-order valence-corrected chi connectivity index (χ0v) is 14.8.